The molecule has 1 aliphatic rings. The SMILES string of the molecule is Nc1ccc2cccc(C3=C(c4c[nH]c5ccccc45)C(=O)NC3=O)c2c1. The summed E-state index contributed by atoms with van der Waals surface area (Å²) in [7, 11) is 0. The van der Waals surface area contributed by atoms with Crippen LogP contribution in [0.3, 0.4) is 0 Å². The van der Waals surface area contributed by atoms with Crippen molar-refractivity contribution in [3.63, 3.8) is 0 Å². The van der Waals surface area contributed by atoms with Crippen molar-refractivity contribution < 1.29 is 9.59 Å². The molecular formula is C22H15N3O2. The highest BCUT2D eigenvalue weighted by atomic mass is 16.2. The summed E-state index contributed by atoms with van der Waals surface area (Å²) in [5, 5.41) is 5.15. The number of H-pyrrole nitrogens is 1. The zero-order valence-electron chi connectivity index (χ0n) is 14.2. The smallest absolute Gasteiger partial charge is 0.259 e. The average molecular weight is 353 g/mol. The van der Waals surface area contributed by atoms with E-state index in [9.17, 15) is 9.59 Å². The second kappa shape index (κ2) is 5.57. The first-order valence-corrected chi connectivity index (χ1v) is 8.58. The molecule has 5 rings (SSSR count). The van der Waals surface area contributed by atoms with Crippen molar-refractivity contribution in [3.05, 3.63) is 78.0 Å². The number of fused-ring (bicyclic) bond motifs is 2. The Bertz CT molecular complexity index is 1300. The molecule has 3 aromatic carbocycles. The molecule has 0 bridgehead atoms. The van der Waals surface area contributed by atoms with Crippen LogP contribution in [0.4, 0.5) is 5.69 Å². The minimum Gasteiger partial charge on any atom is -0.399 e. The maximum absolute atomic E-state index is 12.7. The summed E-state index contributed by atoms with van der Waals surface area (Å²) >= 11 is 0. The highest BCUT2D eigenvalue weighted by Crippen LogP contribution is 2.37. The second-order valence-corrected chi connectivity index (χ2v) is 6.57. The number of amides is 2. The topological polar surface area (TPSA) is 88.0 Å². The number of carbonyl (C=O) groups is 2. The molecule has 0 fully saturated rings. The highest BCUT2D eigenvalue weighted by molar-refractivity contribution is 6.50. The third-order valence-electron chi connectivity index (χ3n) is 4.97. The molecule has 0 unspecified atom stereocenters. The molecule has 0 saturated heterocycles. The van der Waals surface area contributed by atoms with Crippen molar-refractivity contribution in [2.45, 2.75) is 0 Å². The maximum Gasteiger partial charge on any atom is 0.259 e. The van der Waals surface area contributed by atoms with E-state index in [0.29, 0.717) is 28.0 Å². The van der Waals surface area contributed by atoms with Gasteiger partial charge in [0.2, 0.25) is 0 Å². The number of para-hydroxylation sites is 1. The zero-order chi connectivity index (χ0) is 18.5. The monoisotopic (exact) mass is 353 g/mol. The Kier molecular flexibility index (Phi) is 3.18. The van der Waals surface area contributed by atoms with Crippen LogP contribution in [0.25, 0.3) is 32.8 Å². The average Bonchev–Trinajstić information content (AvgIpc) is 3.21. The summed E-state index contributed by atoms with van der Waals surface area (Å²) in [6.45, 7) is 0. The number of aromatic nitrogens is 1. The van der Waals surface area contributed by atoms with Crippen LogP contribution in [0.15, 0.2) is 66.9 Å². The van der Waals surface area contributed by atoms with E-state index < -0.39 is 5.91 Å². The number of carbonyl (C=O) groups excluding carboxylic acids is 2. The molecule has 0 aliphatic carbocycles. The van der Waals surface area contributed by atoms with Crippen molar-refractivity contribution in [1.82, 2.24) is 10.3 Å². The normalized spacial score (nSPS) is 14.4. The van der Waals surface area contributed by atoms with Crippen molar-refractivity contribution in [2.75, 3.05) is 5.73 Å². The van der Waals surface area contributed by atoms with E-state index in [1.54, 1.807) is 6.20 Å². The molecule has 0 atom stereocenters. The molecule has 0 saturated carbocycles. The Hall–Kier alpha value is -3.86. The Morgan fingerprint density at radius 1 is 0.741 bits per heavy atom. The van der Waals surface area contributed by atoms with Gasteiger partial charge in [0.1, 0.15) is 0 Å². The lowest BCUT2D eigenvalue weighted by atomic mass is 9.92. The van der Waals surface area contributed by atoms with Gasteiger partial charge in [-0.3, -0.25) is 14.9 Å². The fraction of sp³-hybridized carbons (Fsp3) is 0. The van der Waals surface area contributed by atoms with E-state index in [-0.39, 0.29) is 5.91 Å². The van der Waals surface area contributed by atoms with Crippen molar-refractivity contribution in [3.8, 4) is 0 Å². The molecule has 5 heteroatoms. The molecule has 4 N–H and O–H groups in total. The van der Waals surface area contributed by atoms with E-state index in [1.807, 2.05) is 60.7 Å². The fourth-order valence-corrected chi connectivity index (χ4v) is 3.76. The van der Waals surface area contributed by atoms with Crippen LogP contribution in [-0.4, -0.2) is 16.8 Å². The molecule has 1 aliphatic heterocycles. The number of anilines is 1. The summed E-state index contributed by atoms with van der Waals surface area (Å²) in [5.41, 5.74) is 9.65. The van der Waals surface area contributed by atoms with Crippen molar-refractivity contribution >= 4 is 50.3 Å². The maximum atomic E-state index is 12.7. The summed E-state index contributed by atoms with van der Waals surface area (Å²) in [6.07, 6.45) is 1.78. The Morgan fingerprint density at radius 2 is 1.52 bits per heavy atom. The molecular weight excluding hydrogens is 338 g/mol. The predicted molar refractivity (Wildman–Crippen MR) is 107 cm³/mol. The number of aromatic amines is 1. The second-order valence-electron chi connectivity index (χ2n) is 6.57. The van der Waals surface area contributed by atoms with Crippen molar-refractivity contribution in [1.29, 1.82) is 0 Å². The first-order chi connectivity index (χ1) is 13.1. The van der Waals surface area contributed by atoms with Gasteiger partial charge in [0, 0.05) is 28.4 Å². The number of nitrogen functional groups attached to an aromatic ring is 1. The van der Waals surface area contributed by atoms with Crippen LogP contribution in [-0.2, 0) is 9.59 Å². The van der Waals surface area contributed by atoms with Gasteiger partial charge in [-0.15, -0.1) is 0 Å². The lowest BCUT2D eigenvalue weighted by molar-refractivity contribution is -0.122. The predicted octanol–water partition coefficient (Wildman–Crippen LogP) is 3.47. The lowest BCUT2D eigenvalue weighted by Crippen LogP contribution is -2.22. The lowest BCUT2D eigenvalue weighted by Gasteiger charge is -2.09. The van der Waals surface area contributed by atoms with Crippen LogP contribution in [0, 0.1) is 0 Å². The number of nitrogens with two attached hydrogens (primary N) is 1. The van der Waals surface area contributed by atoms with Gasteiger partial charge in [0.15, 0.2) is 0 Å². The molecule has 2 heterocycles. The zero-order valence-corrected chi connectivity index (χ0v) is 14.2. The number of hydrogen-bond donors (Lipinski definition) is 3. The number of nitrogens with one attached hydrogen (secondary N) is 2. The number of benzene rings is 3. The molecule has 4 aromatic rings. The van der Waals surface area contributed by atoms with Gasteiger partial charge in [0.25, 0.3) is 11.8 Å². The molecule has 5 nitrogen and oxygen atoms in total. The largest absolute Gasteiger partial charge is 0.399 e. The van der Waals surface area contributed by atoms with E-state index in [1.165, 1.54) is 0 Å². The standard InChI is InChI=1S/C22H15N3O2/c23-13-9-8-12-4-3-6-15(16(12)10-13)19-20(22(27)25-21(19)26)17-11-24-18-7-2-1-5-14(17)18/h1-11,24H,23H2,(H,25,26,27). The van der Waals surface area contributed by atoms with Crippen LogP contribution in [0.2, 0.25) is 0 Å². The molecule has 2 amide bonds. The van der Waals surface area contributed by atoms with E-state index in [0.717, 1.165) is 21.7 Å². The summed E-state index contributed by atoms with van der Waals surface area (Å²) in [4.78, 5) is 28.6. The van der Waals surface area contributed by atoms with Crippen LogP contribution < -0.4 is 11.1 Å². The highest BCUT2D eigenvalue weighted by Gasteiger charge is 2.34. The summed E-state index contributed by atoms with van der Waals surface area (Å²) < 4.78 is 0. The third-order valence-corrected chi connectivity index (χ3v) is 4.97. The minimum absolute atomic E-state index is 0.376. The van der Waals surface area contributed by atoms with Gasteiger partial charge in [-0.25, -0.2) is 0 Å². The van der Waals surface area contributed by atoms with Gasteiger partial charge < -0.3 is 10.7 Å². The first kappa shape index (κ1) is 15.4. The van der Waals surface area contributed by atoms with Gasteiger partial charge in [-0.1, -0.05) is 42.5 Å². The Labute approximate surface area is 154 Å². The first-order valence-electron chi connectivity index (χ1n) is 8.58. The molecule has 0 spiro atoms. The van der Waals surface area contributed by atoms with E-state index in [4.69, 9.17) is 5.73 Å². The van der Waals surface area contributed by atoms with Crippen LogP contribution in [0.5, 0.6) is 0 Å². The molecule has 130 valence electrons. The third kappa shape index (κ3) is 2.25. The number of rotatable bonds is 2. The van der Waals surface area contributed by atoms with Gasteiger partial charge >= 0.3 is 0 Å². The summed E-state index contributed by atoms with van der Waals surface area (Å²) in [5.74, 6) is -0.782. The number of imide groups is 1. The number of hydrogen-bond acceptors (Lipinski definition) is 3. The Morgan fingerprint density at radius 3 is 2.37 bits per heavy atom. The molecule has 27 heavy (non-hydrogen) atoms. The van der Waals surface area contributed by atoms with E-state index >= 15 is 0 Å². The van der Waals surface area contributed by atoms with Crippen molar-refractivity contribution in [2.24, 2.45) is 0 Å². The fourth-order valence-electron chi connectivity index (χ4n) is 3.76. The minimum atomic E-state index is -0.393. The van der Waals surface area contributed by atoms with Crippen LogP contribution in [0.1, 0.15) is 11.1 Å². The van der Waals surface area contributed by atoms with Gasteiger partial charge in [-0.2, -0.15) is 0 Å². The quantitative estimate of drug-likeness (QED) is 0.381. The molecule has 1 aromatic heterocycles. The van der Waals surface area contributed by atoms with Crippen LogP contribution >= 0.6 is 0 Å². The van der Waals surface area contributed by atoms with E-state index in [2.05, 4.69) is 10.3 Å². The Balaban J connectivity index is 1.87. The molecule has 0 radical (unpaired) electrons. The van der Waals surface area contributed by atoms with Gasteiger partial charge in [0.05, 0.1) is 11.1 Å². The van der Waals surface area contributed by atoms with Gasteiger partial charge in [-0.05, 0) is 34.5 Å². The summed E-state index contributed by atoms with van der Waals surface area (Å²) in [6, 6.07) is 19.0.